The maximum absolute atomic E-state index is 11.9. The van der Waals surface area contributed by atoms with Gasteiger partial charge in [-0.15, -0.1) is 0 Å². The summed E-state index contributed by atoms with van der Waals surface area (Å²) in [6.45, 7) is -0.0486. The lowest BCUT2D eigenvalue weighted by Gasteiger charge is -2.06. The second kappa shape index (κ2) is 6.68. The SMILES string of the molecule is O=C(CNC(=O)c1cc(Cl)cc(Br)c1)c1ccccc1. The molecule has 2 rings (SSSR count). The van der Waals surface area contributed by atoms with Crippen LogP contribution in [0, 0.1) is 0 Å². The fourth-order valence-corrected chi connectivity index (χ4v) is 2.53. The van der Waals surface area contributed by atoms with Gasteiger partial charge >= 0.3 is 0 Å². The van der Waals surface area contributed by atoms with Gasteiger partial charge in [-0.3, -0.25) is 9.59 Å². The van der Waals surface area contributed by atoms with E-state index in [1.54, 1.807) is 42.5 Å². The van der Waals surface area contributed by atoms with Crippen LogP contribution in [0.1, 0.15) is 20.7 Å². The Balaban J connectivity index is 2.00. The minimum absolute atomic E-state index is 0.0486. The molecule has 0 aliphatic heterocycles. The molecule has 102 valence electrons. The van der Waals surface area contributed by atoms with E-state index in [9.17, 15) is 9.59 Å². The summed E-state index contributed by atoms with van der Waals surface area (Å²) in [5, 5.41) is 3.04. The monoisotopic (exact) mass is 351 g/mol. The van der Waals surface area contributed by atoms with Gasteiger partial charge in [0.25, 0.3) is 5.91 Å². The predicted molar refractivity (Wildman–Crippen MR) is 82.3 cm³/mol. The van der Waals surface area contributed by atoms with Crippen molar-refractivity contribution < 1.29 is 9.59 Å². The highest BCUT2D eigenvalue weighted by molar-refractivity contribution is 9.10. The third kappa shape index (κ3) is 3.92. The summed E-state index contributed by atoms with van der Waals surface area (Å²) in [5.41, 5.74) is 0.977. The number of hydrogen-bond donors (Lipinski definition) is 1. The van der Waals surface area contributed by atoms with Gasteiger partial charge in [0.2, 0.25) is 0 Å². The third-order valence-electron chi connectivity index (χ3n) is 2.63. The molecule has 0 radical (unpaired) electrons. The molecule has 0 atom stereocenters. The van der Waals surface area contributed by atoms with Crippen LogP contribution in [0.2, 0.25) is 5.02 Å². The maximum atomic E-state index is 11.9. The first-order valence-corrected chi connectivity index (χ1v) is 7.06. The molecule has 0 saturated heterocycles. The highest BCUT2D eigenvalue weighted by Gasteiger charge is 2.10. The molecule has 20 heavy (non-hydrogen) atoms. The molecule has 0 aliphatic rings. The van der Waals surface area contributed by atoms with E-state index in [0.29, 0.717) is 20.6 Å². The van der Waals surface area contributed by atoms with Gasteiger partial charge in [-0.1, -0.05) is 57.9 Å². The molecule has 1 N–H and O–H groups in total. The summed E-state index contributed by atoms with van der Waals surface area (Å²) in [4.78, 5) is 23.8. The molecule has 0 unspecified atom stereocenters. The maximum Gasteiger partial charge on any atom is 0.251 e. The molecule has 0 spiro atoms. The molecule has 2 aromatic rings. The van der Waals surface area contributed by atoms with Gasteiger partial charge in [-0.2, -0.15) is 0 Å². The highest BCUT2D eigenvalue weighted by atomic mass is 79.9. The van der Waals surface area contributed by atoms with Crippen molar-refractivity contribution in [3.63, 3.8) is 0 Å². The van der Waals surface area contributed by atoms with Crippen molar-refractivity contribution in [2.75, 3.05) is 6.54 Å². The summed E-state index contributed by atoms with van der Waals surface area (Å²) in [5.74, 6) is -0.475. The average molecular weight is 353 g/mol. The lowest BCUT2D eigenvalue weighted by Crippen LogP contribution is -2.29. The summed E-state index contributed by atoms with van der Waals surface area (Å²) in [6.07, 6.45) is 0. The number of nitrogens with one attached hydrogen (secondary N) is 1. The van der Waals surface area contributed by atoms with E-state index in [1.807, 2.05) is 6.07 Å². The van der Waals surface area contributed by atoms with Gasteiger partial charge in [-0.05, 0) is 18.2 Å². The number of Topliss-reactive ketones (excluding diaryl/α,β-unsaturated/α-hetero) is 1. The first-order valence-electron chi connectivity index (χ1n) is 5.89. The first kappa shape index (κ1) is 14.8. The molecule has 0 saturated carbocycles. The molecule has 5 heteroatoms. The molecule has 0 bridgehead atoms. The number of carbonyl (C=O) groups is 2. The Bertz CT molecular complexity index is 623. The fraction of sp³-hybridized carbons (Fsp3) is 0.0667. The van der Waals surface area contributed by atoms with Crippen LogP contribution in [0.25, 0.3) is 0 Å². The predicted octanol–water partition coefficient (Wildman–Crippen LogP) is 3.72. The van der Waals surface area contributed by atoms with Crippen LogP contribution >= 0.6 is 27.5 Å². The number of benzene rings is 2. The van der Waals surface area contributed by atoms with Crippen LogP contribution in [-0.2, 0) is 0 Å². The Hall–Kier alpha value is -1.65. The van der Waals surface area contributed by atoms with Crippen molar-refractivity contribution >= 4 is 39.2 Å². The Morgan fingerprint density at radius 1 is 1.05 bits per heavy atom. The zero-order valence-corrected chi connectivity index (χ0v) is 12.7. The molecular weight excluding hydrogens is 342 g/mol. The van der Waals surface area contributed by atoms with E-state index < -0.39 is 0 Å². The van der Waals surface area contributed by atoms with Crippen LogP contribution < -0.4 is 5.32 Å². The van der Waals surface area contributed by atoms with Crippen molar-refractivity contribution in [2.45, 2.75) is 0 Å². The lowest BCUT2D eigenvalue weighted by molar-refractivity contribution is 0.0904. The van der Waals surface area contributed by atoms with Crippen molar-refractivity contribution in [3.8, 4) is 0 Å². The number of rotatable bonds is 4. The van der Waals surface area contributed by atoms with Gasteiger partial charge in [-0.25, -0.2) is 0 Å². The normalized spacial score (nSPS) is 10.1. The van der Waals surface area contributed by atoms with Crippen molar-refractivity contribution in [1.29, 1.82) is 0 Å². The Morgan fingerprint density at radius 3 is 2.40 bits per heavy atom. The van der Waals surface area contributed by atoms with Gasteiger partial charge in [0.05, 0.1) is 6.54 Å². The van der Waals surface area contributed by atoms with Crippen LogP contribution in [-0.4, -0.2) is 18.2 Å². The first-order chi connectivity index (χ1) is 9.56. The zero-order valence-electron chi connectivity index (χ0n) is 10.4. The van der Waals surface area contributed by atoms with Crippen molar-refractivity contribution in [2.24, 2.45) is 0 Å². The van der Waals surface area contributed by atoms with Crippen molar-refractivity contribution in [1.82, 2.24) is 5.32 Å². The Labute approximate surface area is 130 Å². The van der Waals surface area contributed by atoms with Gasteiger partial charge in [0.15, 0.2) is 5.78 Å². The summed E-state index contributed by atoms with van der Waals surface area (Å²) < 4.78 is 0.713. The van der Waals surface area contributed by atoms with Crippen LogP contribution in [0.15, 0.2) is 53.0 Å². The van der Waals surface area contributed by atoms with Crippen LogP contribution in [0.3, 0.4) is 0 Å². The molecule has 0 fully saturated rings. The van der Waals surface area contributed by atoms with Gasteiger partial charge in [0, 0.05) is 20.6 Å². The lowest BCUT2D eigenvalue weighted by atomic mass is 10.1. The highest BCUT2D eigenvalue weighted by Crippen LogP contribution is 2.19. The largest absolute Gasteiger partial charge is 0.345 e. The number of ketones is 1. The Kier molecular flexibility index (Phi) is 4.93. The summed E-state index contributed by atoms with van der Waals surface area (Å²) in [7, 11) is 0. The van der Waals surface area contributed by atoms with E-state index in [4.69, 9.17) is 11.6 Å². The van der Waals surface area contributed by atoms with Crippen LogP contribution in [0.4, 0.5) is 0 Å². The number of carbonyl (C=O) groups excluding carboxylic acids is 2. The number of amides is 1. The number of hydrogen-bond acceptors (Lipinski definition) is 2. The van der Waals surface area contributed by atoms with E-state index in [-0.39, 0.29) is 18.2 Å². The fourth-order valence-electron chi connectivity index (χ4n) is 1.67. The van der Waals surface area contributed by atoms with Gasteiger partial charge < -0.3 is 5.32 Å². The van der Waals surface area contributed by atoms with E-state index in [2.05, 4.69) is 21.2 Å². The quantitative estimate of drug-likeness (QED) is 0.853. The molecule has 1 amide bonds. The van der Waals surface area contributed by atoms with Gasteiger partial charge in [0.1, 0.15) is 0 Å². The van der Waals surface area contributed by atoms with E-state index in [0.717, 1.165) is 0 Å². The molecule has 3 nitrogen and oxygen atoms in total. The third-order valence-corrected chi connectivity index (χ3v) is 3.31. The minimum atomic E-state index is -0.336. The van der Waals surface area contributed by atoms with Crippen molar-refractivity contribution in [3.05, 3.63) is 69.2 Å². The minimum Gasteiger partial charge on any atom is -0.345 e. The Morgan fingerprint density at radius 2 is 1.75 bits per heavy atom. The smallest absolute Gasteiger partial charge is 0.251 e. The summed E-state index contributed by atoms with van der Waals surface area (Å²) >= 11 is 9.14. The molecule has 0 aromatic heterocycles. The summed E-state index contributed by atoms with van der Waals surface area (Å²) in [6, 6.07) is 13.7. The topological polar surface area (TPSA) is 46.2 Å². The molecule has 0 aliphatic carbocycles. The van der Waals surface area contributed by atoms with E-state index in [1.165, 1.54) is 0 Å². The van der Waals surface area contributed by atoms with E-state index >= 15 is 0 Å². The molecule has 2 aromatic carbocycles. The standard InChI is InChI=1S/C15H11BrClNO2/c16-12-6-11(7-13(17)8-12)15(20)18-9-14(19)10-4-2-1-3-5-10/h1-8H,9H2,(H,18,20). The molecular formula is C15H11BrClNO2. The molecule has 0 heterocycles. The average Bonchev–Trinajstić information content (AvgIpc) is 2.44. The zero-order chi connectivity index (χ0) is 14.5. The second-order valence-electron chi connectivity index (χ2n) is 4.13. The second-order valence-corrected chi connectivity index (χ2v) is 5.48. The number of halogens is 2. The van der Waals surface area contributed by atoms with Crippen LogP contribution in [0.5, 0.6) is 0 Å².